The van der Waals surface area contributed by atoms with E-state index in [1.165, 1.54) is 12.1 Å². The number of rotatable bonds is 5. The van der Waals surface area contributed by atoms with Gasteiger partial charge in [0.1, 0.15) is 18.2 Å². The minimum Gasteiger partial charge on any atom is -0.388 e. The van der Waals surface area contributed by atoms with E-state index in [4.69, 9.17) is 0 Å². The van der Waals surface area contributed by atoms with Crippen LogP contribution in [0.15, 0.2) is 36.7 Å². The molecule has 0 amide bonds. The summed E-state index contributed by atoms with van der Waals surface area (Å²) in [5.74, 6) is 1.56. The Morgan fingerprint density at radius 1 is 1.30 bits per heavy atom. The van der Waals surface area contributed by atoms with E-state index in [2.05, 4.69) is 20.2 Å². The molecule has 0 bridgehead atoms. The van der Waals surface area contributed by atoms with Crippen molar-refractivity contribution in [1.82, 2.24) is 29.4 Å². The molecule has 8 heteroatoms. The van der Waals surface area contributed by atoms with Gasteiger partial charge in [0, 0.05) is 37.8 Å². The molecule has 0 saturated carbocycles. The third-order valence-corrected chi connectivity index (χ3v) is 5.13. The van der Waals surface area contributed by atoms with E-state index in [0.717, 1.165) is 43.9 Å². The van der Waals surface area contributed by atoms with E-state index in [-0.39, 0.29) is 12.4 Å². The Balaban J connectivity index is 1.44. The monoisotopic (exact) mass is 370 g/mol. The van der Waals surface area contributed by atoms with E-state index in [1.807, 2.05) is 30.1 Å². The predicted octanol–water partition coefficient (Wildman–Crippen LogP) is 2.01. The van der Waals surface area contributed by atoms with E-state index in [9.17, 15) is 9.50 Å². The molecule has 2 aromatic heterocycles. The minimum atomic E-state index is -0.269. The number of aliphatic hydroxyl groups excluding tert-OH is 1. The van der Waals surface area contributed by atoms with Crippen LogP contribution in [-0.2, 0) is 20.2 Å². The molecule has 0 unspecified atom stereocenters. The molecule has 1 N–H and O–H groups in total. The molecule has 142 valence electrons. The highest BCUT2D eigenvalue weighted by Crippen LogP contribution is 2.26. The number of hydrogen-bond acceptors (Lipinski definition) is 5. The van der Waals surface area contributed by atoms with Crippen LogP contribution in [0.4, 0.5) is 4.39 Å². The molecule has 0 aliphatic carbocycles. The maximum Gasteiger partial charge on any atom is 0.158 e. The third-order valence-electron chi connectivity index (χ3n) is 5.13. The van der Waals surface area contributed by atoms with Crippen LogP contribution in [-0.4, -0.2) is 47.6 Å². The molecular weight excluding hydrogens is 347 g/mol. The second kappa shape index (κ2) is 7.58. The Bertz CT molecular complexity index is 921. The fraction of sp³-hybridized carbons (Fsp3) is 0.421. The number of halogens is 1. The number of likely N-dealkylation sites (tertiary alicyclic amines) is 1. The molecular formula is C19H23FN6O. The second-order valence-electron chi connectivity index (χ2n) is 7.04. The van der Waals surface area contributed by atoms with Crippen LogP contribution in [0.2, 0.25) is 0 Å². The summed E-state index contributed by atoms with van der Waals surface area (Å²) in [7, 11) is 1.91. The largest absolute Gasteiger partial charge is 0.388 e. The van der Waals surface area contributed by atoms with E-state index in [1.54, 1.807) is 10.7 Å². The highest BCUT2D eigenvalue weighted by Gasteiger charge is 2.26. The summed E-state index contributed by atoms with van der Waals surface area (Å²) in [6.07, 6.45) is 5.94. The van der Waals surface area contributed by atoms with Gasteiger partial charge in [0.05, 0.1) is 11.9 Å². The van der Waals surface area contributed by atoms with Crippen molar-refractivity contribution >= 4 is 0 Å². The lowest BCUT2D eigenvalue weighted by molar-refractivity contribution is 0.194. The van der Waals surface area contributed by atoms with Gasteiger partial charge in [-0.1, -0.05) is 6.07 Å². The predicted molar refractivity (Wildman–Crippen MR) is 97.7 cm³/mol. The van der Waals surface area contributed by atoms with Crippen molar-refractivity contribution in [3.05, 3.63) is 59.7 Å². The molecule has 1 aliphatic heterocycles. The summed E-state index contributed by atoms with van der Waals surface area (Å²) in [5, 5.41) is 22.0. The number of aliphatic hydroxyl groups is 1. The third kappa shape index (κ3) is 3.77. The van der Waals surface area contributed by atoms with Gasteiger partial charge in [-0.2, -0.15) is 5.10 Å². The van der Waals surface area contributed by atoms with Gasteiger partial charge in [0.15, 0.2) is 5.82 Å². The Morgan fingerprint density at radius 2 is 2.19 bits per heavy atom. The van der Waals surface area contributed by atoms with Gasteiger partial charge in [-0.3, -0.25) is 4.90 Å². The molecule has 3 aromatic rings. The summed E-state index contributed by atoms with van der Waals surface area (Å²) >= 11 is 0. The fourth-order valence-electron chi connectivity index (χ4n) is 3.74. The molecule has 27 heavy (non-hydrogen) atoms. The van der Waals surface area contributed by atoms with Crippen molar-refractivity contribution < 1.29 is 9.50 Å². The van der Waals surface area contributed by atoms with Crippen LogP contribution < -0.4 is 0 Å². The summed E-state index contributed by atoms with van der Waals surface area (Å²) in [6.45, 7) is 2.60. The van der Waals surface area contributed by atoms with Crippen LogP contribution in [0.25, 0.3) is 5.69 Å². The molecule has 1 atom stereocenters. The number of benzene rings is 1. The lowest BCUT2D eigenvalue weighted by Crippen LogP contribution is -2.34. The smallest absolute Gasteiger partial charge is 0.158 e. The second-order valence-corrected chi connectivity index (χ2v) is 7.04. The van der Waals surface area contributed by atoms with E-state index in [0.29, 0.717) is 17.4 Å². The SMILES string of the molecule is Cn1c(CO)nnc1[C@H]1CCCN(Cc2cnn(-c3cccc(F)c3)c2)C1. The quantitative estimate of drug-likeness (QED) is 0.744. The molecule has 0 radical (unpaired) electrons. The fourth-order valence-corrected chi connectivity index (χ4v) is 3.74. The van der Waals surface area contributed by atoms with Gasteiger partial charge in [-0.15, -0.1) is 10.2 Å². The Kier molecular flexibility index (Phi) is 5.00. The molecule has 1 aliphatic rings. The zero-order chi connectivity index (χ0) is 18.8. The van der Waals surface area contributed by atoms with E-state index < -0.39 is 0 Å². The highest BCUT2D eigenvalue weighted by molar-refractivity contribution is 5.31. The molecule has 1 fully saturated rings. The molecule has 1 saturated heterocycles. The topological polar surface area (TPSA) is 72.0 Å². The molecule has 3 heterocycles. The van der Waals surface area contributed by atoms with Crippen LogP contribution in [0.5, 0.6) is 0 Å². The molecule has 7 nitrogen and oxygen atoms in total. The zero-order valence-electron chi connectivity index (χ0n) is 15.3. The summed E-state index contributed by atoms with van der Waals surface area (Å²) in [6, 6.07) is 6.42. The maximum atomic E-state index is 13.4. The lowest BCUT2D eigenvalue weighted by Gasteiger charge is -2.31. The lowest BCUT2D eigenvalue weighted by atomic mass is 9.97. The van der Waals surface area contributed by atoms with Gasteiger partial charge < -0.3 is 9.67 Å². The minimum absolute atomic E-state index is 0.0980. The number of nitrogens with zero attached hydrogens (tertiary/aromatic N) is 6. The molecule has 1 aromatic carbocycles. The molecule has 0 spiro atoms. The number of piperidine rings is 1. The van der Waals surface area contributed by atoms with Crippen LogP contribution in [0, 0.1) is 5.82 Å². The van der Waals surface area contributed by atoms with Gasteiger partial charge in [0.25, 0.3) is 0 Å². The van der Waals surface area contributed by atoms with Crippen LogP contribution in [0.3, 0.4) is 0 Å². The Hall–Kier alpha value is -2.58. The first-order valence-corrected chi connectivity index (χ1v) is 9.15. The number of hydrogen-bond donors (Lipinski definition) is 1. The number of aromatic nitrogens is 5. The average molecular weight is 370 g/mol. The van der Waals surface area contributed by atoms with Crippen LogP contribution in [0.1, 0.15) is 36.0 Å². The summed E-state index contributed by atoms with van der Waals surface area (Å²) in [5.41, 5.74) is 1.81. The van der Waals surface area contributed by atoms with Gasteiger partial charge in [-0.05, 0) is 37.6 Å². The first-order chi connectivity index (χ1) is 13.1. The van der Waals surface area contributed by atoms with Crippen molar-refractivity contribution in [2.75, 3.05) is 13.1 Å². The van der Waals surface area contributed by atoms with Crippen molar-refractivity contribution in [3.63, 3.8) is 0 Å². The summed E-state index contributed by atoms with van der Waals surface area (Å²) in [4.78, 5) is 2.38. The standard InChI is InChI=1S/C19H23FN6O/c1-24-18(13-27)22-23-19(24)15-4-3-7-25(12-15)10-14-9-21-26(11-14)17-6-2-5-16(20)8-17/h2,5-6,8-9,11,15,27H,3-4,7,10,12-13H2,1H3/t15-/m0/s1. The Labute approximate surface area is 157 Å². The highest BCUT2D eigenvalue weighted by atomic mass is 19.1. The van der Waals surface area contributed by atoms with Crippen molar-refractivity contribution in [2.45, 2.75) is 31.9 Å². The Morgan fingerprint density at radius 3 is 2.96 bits per heavy atom. The first-order valence-electron chi connectivity index (χ1n) is 9.15. The first kappa shape index (κ1) is 17.8. The van der Waals surface area contributed by atoms with Crippen molar-refractivity contribution in [2.24, 2.45) is 7.05 Å². The van der Waals surface area contributed by atoms with Gasteiger partial charge in [-0.25, -0.2) is 9.07 Å². The van der Waals surface area contributed by atoms with Crippen molar-refractivity contribution in [3.8, 4) is 5.69 Å². The molecule has 4 rings (SSSR count). The van der Waals surface area contributed by atoms with Gasteiger partial charge in [0.2, 0.25) is 0 Å². The van der Waals surface area contributed by atoms with E-state index >= 15 is 0 Å². The van der Waals surface area contributed by atoms with Gasteiger partial charge >= 0.3 is 0 Å². The normalized spacial score (nSPS) is 18.1. The van der Waals surface area contributed by atoms with Crippen LogP contribution >= 0.6 is 0 Å². The van der Waals surface area contributed by atoms with Crippen molar-refractivity contribution in [1.29, 1.82) is 0 Å². The average Bonchev–Trinajstić information content (AvgIpc) is 3.28. The summed E-state index contributed by atoms with van der Waals surface area (Å²) < 4.78 is 17.0. The zero-order valence-corrected chi connectivity index (χ0v) is 15.3. The maximum absolute atomic E-state index is 13.4.